The van der Waals surface area contributed by atoms with Crippen LogP contribution >= 0.6 is 11.3 Å². The Bertz CT molecular complexity index is 1110. The van der Waals surface area contributed by atoms with E-state index in [-0.39, 0.29) is 11.6 Å². The summed E-state index contributed by atoms with van der Waals surface area (Å²) in [7, 11) is 0. The zero-order chi connectivity index (χ0) is 22.5. The molecule has 3 aromatic rings. The highest BCUT2D eigenvalue weighted by molar-refractivity contribution is 7.09. The summed E-state index contributed by atoms with van der Waals surface area (Å²) < 4.78 is 5.38. The summed E-state index contributed by atoms with van der Waals surface area (Å²) >= 11 is 1.62. The Morgan fingerprint density at radius 2 is 1.97 bits per heavy atom. The van der Waals surface area contributed by atoms with Crippen molar-refractivity contribution in [1.82, 2.24) is 10.3 Å². The van der Waals surface area contributed by atoms with Crippen LogP contribution in [-0.4, -0.2) is 48.7 Å². The molecule has 9 heteroatoms. The molecule has 1 fully saturated rings. The highest BCUT2D eigenvalue weighted by Crippen LogP contribution is 2.26. The van der Waals surface area contributed by atoms with Gasteiger partial charge in [0.15, 0.2) is 0 Å². The van der Waals surface area contributed by atoms with Crippen LogP contribution in [0.2, 0.25) is 0 Å². The molecule has 0 bridgehead atoms. The second-order valence-corrected chi connectivity index (χ2v) is 8.57. The zero-order valence-corrected chi connectivity index (χ0v) is 18.6. The molecule has 1 amide bonds. The number of aryl methyl sites for hydroxylation is 1. The largest absolute Gasteiger partial charge is 0.378 e. The van der Waals surface area contributed by atoms with Crippen LogP contribution in [0.15, 0.2) is 47.8 Å². The van der Waals surface area contributed by atoms with Gasteiger partial charge in [-0.3, -0.25) is 14.9 Å². The monoisotopic (exact) mass is 452 g/mol. The average molecular weight is 453 g/mol. The van der Waals surface area contributed by atoms with E-state index >= 15 is 0 Å². The fraction of sp³-hybridized carbons (Fsp3) is 0.304. The first-order valence-electron chi connectivity index (χ1n) is 10.4. The van der Waals surface area contributed by atoms with Gasteiger partial charge in [-0.2, -0.15) is 0 Å². The second kappa shape index (κ2) is 9.88. The minimum absolute atomic E-state index is 0.0972. The van der Waals surface area contributed by atoms with Crippen molar-refractivity contribution in [3.8, 4) is 11.3 Å². The van der Waals surface area contributed by atoms with Crippen molar-refractivity contribution >= 4 is 28.6 Å². The predicted molar refractivity (Wildman–Crippen MR) is 124 cm³/mol. The highest BCUT2D eigenvalue weighted by Gasteiger charge is 2.22. The summed E-state index contributed by atoms with van der Waals surface area (Å²) in [6.07, 6.45) is 0.657. The molecule has 0 atom stereocenters. The van der Waals surface area contributed by atoms with Gasteiger partial charge in [-0.15, -0.1) is 11.3 Å². The summed E-state index contributed by atoms with van der Waals surface area (Å²) in [4.78, 5) is 30.2. The number of nitrogens with zero attached hydrogens (tertiary/aromatic N) is 3. The number of anilines is 1. The van der Waals surface area contributed by atoms with E-state index in [9.17, 15) is 14.9 Å². The maximum absolute atomic E-state index is 12.9. The number of benzene rings is 2. The molecule has 1 aliphatic rings. The van der Waals surface area contributed by atoms with Crippen LogP contribution in [0, 0.1) is 17.0 Å². The molecule has 1 N–H and O–H groups in total. The highest BCUT2D eigenvalue weighted by atomic mass is 32.1. The van der Waals surface area contributed by atoms with Gasteiger partial charge in [-0.05, 0) is 25.0 Å². The molecule has 0 saturated carbocycles. The molecule has 1 aromatic heterocycles. The van der Waals surface area contributed by atoms with E-state index in [1.54, 1.807) is 17.4 Å². The number of non-ortho nitro benzene ring substituents is 1. The van der Waals surface area contributed by atoms with E-state index < -0.39 is 4.92 Å². The lowest BCUT2D eigenvalue weighted by Gasteiger charge is -2.30. The Balaban J connectivity index is 1.42. The van der Waals surface area contributed by atoms with Gasteiger partial charge in [0.25, 0.3) is 11.6 Å². The number of nitro benzene ring substituents is 1. The topological polar surface area (TPSA) is 97.6 Å². The summed E-state index contributed by atoms with van der Waals surface area (Å²) in [6, 6.07) is 12.6. The Labute approximate surface area is 190 Å². The third-order valence-corrected chi connectivity index (χ3v) is 6.13. The summed E-state index contributed by atoms with van der Waals surface area (Å²) in [6.45, 7) is 4.82. The SMILES string of the molecule is Cc1nc(-c2ccc(CCNC(=O)c3cc([N+](=O)[O-])ccc3N3CCOCC3)cc2)cs1. The van der Waals surface area contributed by atoms with Gasteiger partial charge in [-0.25, -0.2) is 4.98 Å². The van der Waals surface area contributed by atoms with Crippen LogP contribution in [0.5, 0.6) is 0 Å². The number of ether oxygens (including phenoxy) is 1. The fourth-order valence-corrected chi connectivity index (χ4v) is 4.28. The van der Waals surface area contributed by atoms with Gasteiger partial charge in [0.05, 0.1) is 40.1 Å². The maximum Gasteiger partial charge on any atom is 0.270 e. The molecule has 0 radical (unpaired) electrons. The molecule has 32 heavy (non-hydrogen) atoms. The molecule has 166 valence electrons. The van der Waals surface area contributed by atoms with Crippen molar-refractivity contribution in [1.29, 1.82) is 0 Å². The van der Waals surface area contributed by atoms with Gasteiger partial charge < -0.3 is 15.0 Å². The molecule has 8 nitrogen and oxygen atoms in total. The third-order valence-electron chi connectivity index (χ3n) is 5.36. The number of rotatable bonds is 7. The molecular weight excluding hydrogens is 428 g/mol. The van der Waals surface area contributed by atoms with E-state index in [1.807, 2.05) is 41.5 Å². The lowest BCUT2D eigenvalue weighted by molar-refractivity contribution is -0.384. The van der Waals surface area contributed by atoms with Gasteiger partial charge in [-0.1, -0.05) is 24.3 Å². The van der Waals surface area contributed by atoms with E-state index in [1.165, 1.54) is 12.1 Å². The summed E-state index contributed by atoms with van der Waals surface area (Å²) in [5.74, 6) is -0.315. The molecule has 0 aliphatic carbocycles. The number of amides is 1. The lowest BCUT2D eigenvalue weighted by atomic mass is 10.1. The number of thiazole rings is 1. The number of morpholine rings is 1. The molecular formula is C23H24N4O4S. The van der Waals surface area contributed by atoms with Crippen LogP contribution < -0.4 is 10.2 Å². The third kappa shape index (κ3) is 5.12. The maximum atomic E-state index is 12.9. The molecule has 1 aliphatic heterocycles. The Hall–Kier alpha value is -3.30. The molecule has 4 rings (SSSR count). The standard InChI is InChI=1S/C23H24N4O4S/c1-16-25-21(15-32-16)18-4-2-17(3-5-18)8-9-24-23(28)20-14-19(27(29)30)6-7-22(20)26-10-12-31-13-11-26/h2-7,14-15H,8-13H2,1H3,(H,24,28). The van der Waals surface area contributed by atoms with E-state index in [4.69, 9.17) is 4.74 Å². The molecule has 2 heterocycles. The van der Waals surface area contributed by atoms with E-state index in [0.717, 1.165) is 21.8 Å². The molecule has 0 spiro atoms. The number of hydrogen-bond donors (Lipinski definition) is 1. The number of nitro groups is 1. The first-order chi connectivity index (χ1) is 15.5. The van der Waals surface area contributed by atoms with Crippen LogP contribution in [0.1, 0.15) is 20.9 Å². The minimum Gasteiger partial charge on any atom is -0.378 e. The van der Waals surface area contributed by atoms with Crippen molar-refractivity contribution in [2.24, 2.45) is 0 Å². The number of nitrogens with one attached hydrogen (secondary N) is 1. The van der Waals surface area contributed by atoms with Crippen LogP contribution in [-0.2, 0) is 11.2 Å². The van der Waals surface area contributed by atoms with Crippen molar-refractivity contribution in [2.75, 3.05) is 37.7 Å². The van der Waals surface area contributed by atoms with Crippen molar-refractivity contribution in [3.63, 3.8) is 0 Å². The van der Waals surface area contributed by atoms with Crippen LogP contribution in [0.25, 0.3) is 11.3 Å². The van der Waals surface area contributed by atoms with Gasteiger partial charge in [0.1, 0.15) is 0 Å². The second-order valence-electron chi connectivity index (χ2n) is 7.51. The number of carbonyl (C=O) groups is 1. The first kappa shape index (κ1) is 21.9. The Kier molecular flexibility index (Phi) is 6.77. The molecule has 1 saturated heterocycles. The smallest absolute Gasteiger partial charge is 0.270 e. The minimum atomic E-state index is -0.481. The lowest BCUT2D eigenvalue weighted by Crippen LogP contribution is -2.38. The van der Waals surface area contributed by atoms with Gasteiger partial charge in [0, 0.05) is 42.7 Å². The number of carbonyl (C=O) groups excluding carboxylic acids is 1. The fourth-order valence-electron chi connectivity index (χ4n) is 3.65. The van der Waals surface area contributed by atoms with Gasteiger partial charge >= 0.3 is 0 Å². The molecule has 0 unspecified atom stereocenters. The van der Waals surface area contributed by atoms with E-state index in [2.05, 4.69) is 10.3 Å². The van der Waals surface area contributed by atoms with Crippen LogP contribution in [0.3, 0.4) is 0 Å². The average Bonchev–Trinajstić information content (AvgIpc) is 3.26. The van der Waals surface area contributed by atoms with Crippen molar-refractivity contribution < 1.29 is 14.5 Å². The predicted octanol–water partition coefficient (Wildman–Crippen LogP) is 3.84. The van der Waals surface area contributed by atoms with Crippen LogP contribution in [0.4, 0.5) is 11.4 Å². The van der Waals surface area contributed by atoms with Gasteiger partial charge in [0.2, 0.25) is 0 Å². The zero-order valence-electron chi connectivity index (χ0n) is 17.7. The number of hydrogen-bond acceptors (Lipinski definition) is 7. The van der Waals surface area contributed by atoms with E-state index in [0.29, 0.717) is 50.5 Å². The summed E-state index contributed by atoms with van der Waals surface area (Å²) in [5.41, 5.74) is 4.03. The normalized spacial score (nSPS) is 13.7. The summed E-state index contributed by atoms with van der Waals surface area (Å²) in [5, 5.41) is 17.2. The van der Waals surface area contributed by atoms with Crippen molar-refractivity contribution in [3.05, 3.63) is 74.1 Å². The molecule has 2 aromatic carbocycles. The van der Waals surface area contributed by atoms with Crippen molar-refractivity contribution in [2.45, 2.75) is 13.3 Å². The Morgan fingerprint density at radius 1 is 1.22 bits per heavy atom. The first-order valence-corrected chi connectivity index (χ1v) is 11.3. The number of aromatic nitrogens is 1. The Morgan fingerprint density at radius 3 is 2.62 bits per heavy atom. The quantitative estimate of drug-likeness (QED) is 0.432.